The van der Waals surface area contributed by atoms with Gasteiger partial charge in [0.2, 0.25) is 0 Å². The fourth-order valence-electron chi connectivity index (χ4n) is 3.13. The Morgan fingerprint density at radius 2 is 1.55 bits per heavy atom. The Kier molecular flexibility index (Phi) is 3.26. The minimum Gasteiger partial charge on any atom is -0.453 e. The van der Waals surface area contributed by atoms with Crippen LogP contribution in [-0.2, 0) is 4.74 Å². The van der Waals surface area contributed by atoms with Gasteiger partial charge in [-0.3, -0.25) is 0 Å². The summed E-state index contributed by atoms with van der Waals surface area (Å²) in [6.45, 7) is 0.808. The van der Waals surface area contributed by atoms with Gasteiger partial charge in [-0.25, -0.2) is 0 Å². The Morgan fingerprint density at radius 1 is 0.955 bits per heavy atom. The van der Waals surface area contributed by atoms with Gasteiger partial charge in [-0.2, -0.15) is 0 Å². The molecule has 0 amide bonds. The molecule has 2 aromatic rings. The van der Waals surface area contributed by atoms with Crippen molar-refractivity contribution in [3.63, 3.8) is 0 Å². The molecule has 0 radical (unpaired) electrons. The summed E-state index contributed by atoms with van der Waals surface area (Å²) in [5.41, 5.74) is 7.82. The van der Waals surface area contributed by atoms with E-state index in [1.54, 1.807) is 0 Å². The van der Waals surface area contributed by atoms with Gasteiger partial charge in [0.25, 0.3) is 0 Å². The lowest BCUT2D eigenvalue weighted by Crippen LogP contribution is -2.58. The van der Waals surface area contributed by atoms with E-state index in [0.29, 0.717) is 13.2 Å². The first-order valence-electron chi connectivity index (χ1n) is 7.42. The molecule has 0 unspecified atom stereocenters. The van der Waals surface area contributed by atoms with Crippen molar-refractivity contribution in [2.75, 3.05) is 18.1 Å². The largest absolute Gasteiger partial charge is 0.453 e. The number of hydrogen-bond donors (Lipinski definition) is 2. The van der Waals surface area contributed by atoms with E-state index in [1.807, 2.05) is 48.5 Å². The SMILES string of the molecule is N[C@H]1COC[C@@H](N2c3ccccc3Oc3ccccc32)[C@@H]1O. The summed E-state index contributed by atoms with van der Waals surface area (Å²) in [5.74, 6) is 1.54. The van der Waals surface area contributed by atoms with Crippen molar-refractivity contribution in [2.24, 2.45) is 5.73 Å². The number of para-hydroxylation sites is 4. The molecule has 0 aliphatic carbocycles. The Morgan fingerprint density at radius 3 is 2.18 bits per heavy atom. The number of nitrogens with zero attached hydrogens (tertiary/aromatic N) is 1. The smallest absolute Gasteiger partial charge is 0.151 e. The number of fused-ring (bicyclic) bond motifs is 2. The average molecular weight is 298 g/mol. The Labute approximate surface area is 128 Å². The van der Waals surface area contributed by atoms with Crippen LogP contribution in [0.15, 0.2) is 48.5 Å². The lowest BCUT2D eigenvalue weighted by atomic mass is 9.98. The summed E-state index contributed by atoms with van der Waals surface area (Å²) in [6.07, 6.45) is -0.659. The molecule has 2 aliphatic heterocycles. The summed E-state index contributed by atoms with van der Waals surface area (Å²) < 4.78 is 11.5. The van der Waals surface area contributed by atoms with Crippen molar-refractivity contribution in [3.8, 4) is 11.5 Å². The van der Waals surface area contributed by atoms with E-state index in [-0.39, 0.29) is 12.1 Å². The zero-order valence-corrected chi connectivity index (χ0v) is 12.1. The Bertz CT molecular complexity index is 646. The zero-order chi connectivity index (χ0) is 15.1. The maximum atomic E-state index is 10.6. The molecule has 2 heterocycles. The maximum Gasteiger partial charge on any atom is 0.151 e. The normalized spacial score (nSPS) is 26.8. The number of hydrogen-bond acceptors (Lipinski definition) is 5. The highest BCUT2D eigenvalue weighted by Crippen LogP contribution is 2.48. The molecule has 3 N–H and O–H groups in total. The van der Waals surface area contributed by atoms with Gasteiger partial charge < -0.3 is 25.2 Å². The van der Waals surface area contributed by atoms with Gasteiger partial charge in [-0.15, -0.1) is 0 Å². The highest BCUT2D eigenvalue weighted by Gasteiger charge is 2.38. The number of anilines is 2. The quantitative estimate of drug-likeness (QED) is 0.843. The van der Waals surface area contributed by atoms with Crippen LogP contribution in [0.1, 0.15) is 0 Å². The second kappa shape index (κ2) is 5.28. The second-order valence-electron chi connectivity index (χ2n) is 5.67. The molecule has 5 heteroatoms. The van der Waals surface area contributed by atoms with E-state index >= 15 is 0 Å². The predicted molar refractivity (Wildman–Crippen MR) is 83.7 cm³/mol. The topological polar surface area (TPSA) is 68.0 Å². The van der Waals surface area contributed by atoms with E-state index in [0.717, 1.165) is 22.9 Å². The number of rotatable bonds is 1. The van der Waals surface area contributed by atoms with E-state index in [4.69, 9.17) is 15.2 Å². The van der Waals surface area contributed by atoms with Crippen LogP contribution in [0.3, 0.4) is 0 Å². The van der Waals surface area contributed by atoms with E-state index in [2.05, 4.69) is 4.90 Å². The van der Waals surface area contributed by atoms with Crippen molar-refractivity contribution >= 4 is 11.4 Å². The molecule has 0 aromatic heterocycles. The lowest BCUT2D eigenvalue weighted by molar-refractivity contribution is -0.0195. The zero-order valence-electron chi connectivity index (χ0n) is 12.1. The molecule has 0 spiro atoms. The third-order valence-electron chi connectivity index (χ3n) is 4.23. The Hall–Kier alpha value is -2.08. The monoisotopic (exact) mass is 298 g/mol. The highest BCUT2D eigenvalue weighted by molar-refractivity contribution is 5.78. The first-order valence-corrected chi connectivity index (χ1v) is 7.42. The van der Waals surface area contributed by atoms with Crippen LogP contribution >= 0.6 is 0 Å². The molecule has 0 saturated carbocycles. The summed E-state index contributed by atoms with van der Waals surface area (Å²) in [7, 11) is 0. The summed E-state index contributed by atoms with van der Waals surface area (Å²) in [5, 5.41) is 10.6. The van der Waals surface area contributed by atoms with Crippen molar-refractivity contribution in [3.05, 3.63) is 48.5 Å². The standard InChI is InChI=1S/C17H18N2O3/c18-11-9-21-10-14(17(11)20)19-12-5-1-3-7-15(12)22-16-8-4-2-6-13(16)19/h1-8,11,14,17,20H,9-10,18H2/t11-,14+,17+/m0/s1. The van der Waals surface area contributed by atoms with Crippen LogP contribution in [0.4, 0.5) is 11.4 Å². The third kappa shape index (κ3) is 2.06. The first-order chi connectivity index (χ1) is 10.8. The molecule has 5 nitrogen and oxygen atoms in total. The lowest BCUT2D eigenvalue weighted by Gasteiger charge is -2.43. The molecule has 1 saturated heterocycles. The second-order valence-corrected chi connectivity index (χ2v) is 5.67. The molecule has 22 heavy (non-hydrogen) atoms. The number of nitrogens with two attached hydrogens (primary N) is 1. The van der Waals surface area contributed by atoms with E-state index in [9.17, 15) is 5.11 Å². The number of aliphatic hydroxyl groups excluding tert-OH is 1. The van der Waals surface area contributed by atoms with Crippen LogP contribution < -0.4 is 15.4 Å². The van der Waals surface area contributed by atoms with E-state index < -0.39 is 6.10 Å². The third-order valence-corrected chi connectivity index (χ3v) is 4.23. The first kappa shape index (κ1) is 13.6. The number of ether oxygens (including phenoxy) is 2. The fourth-order valence-corrected chi connectivity index (χ4v) is 3.13. The van der Waals surface area contributed by atoms with Gasteiger partial charge in [-0.1, -0.05) is 24.3 Å². The van der Waals surface area contributed by atoms with Crippen molar-refractivity contribution in [1.82, 2.24) is 0 Å². The number of benzene rings is 2. The van der Waals surface area contributed by atoms with Crippen LogP contribution in [-0.4, -0.2) is 36.5 Å². The number of aliphatic hydroxyl groups is 1. The predicted octanol–water partition coefficient (Wildman–Crippen LogP) is 2.02. The molecule has 2 aliphatic rings. The molecule has 2 aromatic carbocycles. The highest BCUT2D eigenvalue weighted by atomic mass is 16.5. The summed E-state index contributed by atoms with van der Waals surface area (Å²) >= 11 is 0. The molecular formula is C17H18N2O3. The van der Waals surface area contributed by atoms with Crippen molar-refractivity contribution < 1.29 is 14.6 Å². The summed E-state index contributed by atoms with van der Waals surface area (Å²) in [4.78, 5) is 2.08. The average Bonchev–Trinajstić information content (AvgIpc) is 2.55. The molecule has 3 atom stereocenters. The van der Waals surface area contributed by atoms with Gasteiger partial charge in [0.15, 0.2) is 11.5 Å². The summed E-state index contributed by atoms with van der Waals surface area (Å²) in [6, 6.07) is 15.0. The van der Waals surface area contributed by atoms with Gasteiger partial charge in [0.05, 0.1) is 42.8 Å². The van der Waals surface area contributed by atoms with Crippen LogP contribution in [0, 0.1) is 0 Å². The van der Waals surface area contributed by atoms with Gasteiger partial charge in [0.1, 0.15) is 0 Å². The van der Waals surface area contributed by atoms with Crippen LogP contribution in [0.2, 0.25) is 0 Å². The Balaban J connectivity index is 1.84. The van der Waals surface area contributed by atoms with Gasteiger partial charge in [-0.05, 0) is 24.3 Å². The molecule has 0 bridgehead atoms. The maximum absolute atomic E-state index is 10.6. The van der Waals surface area contributed by atoms with Crippen molar-refractivity contribution in [2.45, 2.75) is 18.2 Å². The van der Waals surface area contributed by atoms with Gasteiger partial charge >= 0.3 is 0 Å². The minimum absolute atomic E-state index is 0.241. The molecule has 114 valence electrons. The van der Waals surface area contributed by atoms with Gasteiger partial charge in [0, 0.05) is 0 Å². The van der Waals surface area contributed by atoms with Crippen LogP contribution in [0.5, 0.6) is 11.5 Å². The molecular weight excluding hydrogens is 280 g/mol. The molecule has 4 rings (SSSR count). The van der Waals surface area contributed by atoms with Crippen LogP contribution in [0.25, 0.3) is 0 Å². The van der Waals surface area contributed by atoms with Crippen molar-refractivity contribution in [1.29, 1.82) is 0 Å². The fraction of sp³-hybridized carbons (Fsp3) is 0.294. The molecule has 1 fully saturated rings. The minimum atomic E-state index is -0.659. The van der Waals surface area contributed by atoms with E-state index in [1.165, 1.54) is 0 Å².